The quantitative estimate of drug-likeness (QED) is 0.350. The summed E-state index contributed by atoms with van der Waals surface area (Å²) in [6.45, 7) is 0. The second-order valence-electron chi connectivity index (χ2n) is 0. The van der Waals surface area contributed by atoms with Crippen LogP contribution in [0.5, 0.6) is 0 Å². The summed E-state index contributed by atoms with van der Waals surface area (Å²) in [5.41, 5.74) is 0. The fourth-order valence-electron chi connectivity index (χ4n) is 0. The zero-order valence-electron chi connectivity index (χ0n) is 0.577. The summed E-state index contributed by atoms with van der Waals surface area (Å²) in [6, 6.07) is 0. The molecule has 0 rings (SSSR count). The van der Waals surface area contributed by atoms with Crippen molar-refractivity contribution in [3.8, 4) is 0 Å². The molecule has 0 heterocycles. The van der Waals surface area contributed by atoms with Crippen LogP contribution in [0.4, 0.5) is 0 Å². The van der Waals surface area contributed by atoms with E-state index < -0.39 is 0 Å². The summed E-state index contributed by atoms with van der Waals surface area (Å²) < 4.78 is 0. The van der Waals surface area contributed by atoms with Gasteiger partial charge in [0.15, 0.2) is 0 Å². The van der Waals surface area contributed by atoms with Crippen molar-refractivity contribution < 1.29 is 0 Å². The van der Waals surface area contributed by atoms with Gasteiger partial charge in [-0.25, -0.2) is 0 Å². The van der Waals surface area contributed by atoms with E-state index in [0.29, 0.717) is 0 Å². The Morgan fingerprint density at radius 3 is 1.00 bits per heavy atom. The van der Waals surface area contributed by atoms with Crippen molar-refractivity contribution in [3.63, 3.8) is 0 Å². The van der Waals surface area contributed by atoms with Crippen LogP contribution in [0, 0.1) is 0 Å². The summed E-state index contributed by atoms with van der Waals surface area (Å²) in [5.74, 6) is 0. The molecule has 0 aliphatic rings. The second kappa shape index (κ2) is 15.7. The maximum absolute atomic E-state index is 0. The molecule has 0 N–H and O–H groups in total. The standard InChI is InChI=1S/Al.Ca.Mg.Sr.6H. The van der Waals surface area contributed by atoms with Crippen LogP contribution in [0.15, 0.2) is 0 Å². The van der Waals surface area contributed by atoms with Gasteiger partial charge in [-0.3, -0.25) is 0 Å². The average Bonchev–Trinajstić information content (AvgIpc) is 0. The summed E-state index contributed by atoms with van der Waals surface area (Å²) in [4.78, 5) is 0. The third-order valence-corrected chi connectivity index (χ3v) is 0. The fourth-order valence-corrected chi connectivity index (χ4v) is 0. The van der Waals surface area contributed by atoms with Crippen LogP contribution in [0.25, 0.3) is 0 Å². The zero-order chi connectivity index (χ0) is 0. The molecule has 0 saturated carbocycles. The predicted octanol–water partition coefficient (Wildman–Crippen LogP) is -3.13. The van der Waals surface area contributed by atoms with E-state index in [-0.39, 0.29) is 124 Å². The first-order valence-corrected chi connectivity index (χ1v) is 0. The molecule has 0 amide bonds. The Balaban J connectivity index is 0. The minimum absolute atomic E-state index is 0. The van der Waals surface area contributed by atoms with Crippen molar-refractivity contribution >= 4 is 124 Å². The summed E-state index contributed by atoms with van der Waals surface area (Å²) in [7, 11) is 0. The van der Waals surface area contributed by atoms with Gasteiger partial charge in [0.25, 0.3) is 0 Å². The molecule has 0 bridgehead atoms. The fraction of sp³-hybridized carbons (Fsp3) is 0. The van der Waals surface area contributed by atoms with E-state index in [0.717, 1.165) is 0 Å². The number of hydrogen-bond donors (Lipinski definition) is 0. The Morgan fingerprint density at radius 1 is 1.00 bits per heavy atom. The van der Waals surface area contributed by atoms with E-state index in [2.05, 4.69) is 0 Å². The monoisotopic (exact) mass is 185 g/mol. The molecule has 0 aliphatic heterocycles. The van der Waals surface area contributed by atoms with Gasteiger partial charge in [-0.1, -0.05) is 0 Å². The average molecular weight is 185 g/mol. The summed E-state index contributed by atoms with van der Waals surface area (Å²) >= 11 is 0. The van der Waals surface area contributed by atoms with Gasteiger partial charge in [0.1, 0.15) is 0 Å². The molecule has 0 aromatic carbocycles. The Kier molecular flexibility index (Phi) is 96.1. The Labute approximate surface area is 120 Å². The van der Waals surface area contributed by atoms with E-state index >= 15 is 0 Å². The molecular weight excluding hydrogens is 179 g/mol. The van der Waals surface area contributed by atoms with Crippen LogP contribution in [-0.2, 0) is 0 Å². The minimum atomic E-state index is 0. The molecule has 0 aliphatic carbocycles. The molecule has 0 unspecified atom stereocenters. The second-order valence-corrected chi connectivity index (χ2v) is 0. The van der Waals surface area contributed by atoms with Gasteiger partial charge in [-0.2, -0.15) is 0 Å². The van der Waals surface area contributed by atoms with Gasteiger partial charge in [0.05, 0.1) is 0 Å². The molecule has 4 heteroatoms. The van der Waals surface area contributed by atoms with Gasteiger partial charge >= 0.3 is 106 Å². The SMILES string of the molecule is [Al].[CaH2].[MgH2].[SrH2]. The summed E-state index contributed by atoms with van der Waals surface area (Å²) in [6.07, 6.45) is 0. The number of hydrogen-bond acceptors (Lipinski definition) is 0. The van der Waals surface area contributed by atoms with Crippen molar-refractivity contribution in [2.24, 2.45) is 0 Å². The zero-order valence-corrected chi connectivity index (χ0v) is 1.73. The molecular formula is H6AlCaMgSr. The van der Waals surface area contributed by atoms with Crippen LogP contribution in [0.3, 0.4) is 0 Å². The first-order valence-electron chi connectivity index (χ1n) is 0. The molecule has 3 radical (unpaired) electrons. The molecule has 0 nitrogen and oxygen atoms in total. The topological polar surface area (TPSA) is 0 Å². The van der Waals surface area contributed by atoms with Gasteiger partial charge in [0.2, 0.25) is 0 Å². The molecule has 0 fully saturated rings. The van der Waals surface area contributed by atoms with E-state index in [9.17, 15) is 0 Å². The Bertz CT molecular complexity index is 8.00. The molecule has 0 aromatic heterocycles. The van der Waals surface area contributed by atoms with Gasteiger partial charge in [-0.15, -0.1) is 0 Å². The first-order chi connectivity index (χ1) is 0. The van der Waals surface area contributed by atoms with Gasteiger partial charge in [0, 0.05) is 17.4 Å². The van der Waals surface area contributed by atoms with Gasteiger partial charge < -0.3 is 0 Å². The maximum atomic E-state index is 0. The van der Waals surface area contributed by atoms with Crippen LogP contribution >= 0.6 is 0 Å². The van der Waals surface area contributed by atoms with Crippen molar-refractivity contribution in [1.29, 1.82) is 0 Å². The molecule has 0 saturated heterocycles. The Hall–Kier alpha value is 4.04. The molecule has 15 valence electrons. The molecule has 0 aromatic rings. The van der Waals surface area contributed by atoms with E-state index in [4.69, 9.17) is 0 Å². The molecule has 0 spiro atoms. The number of rotatable bonds is 0. The normalized spacial score (nSPS) is 0. The van der Waals surface area contributed by atoms with Crippen molar-refractivity contribution in [1.82, 2.24) is 0 Å². The third-order valence-electron chi connectivity index (χ3n) is 0. The van der Waals surface area contributed by atoms with Crippen molar-refractivity contribution in [3.05, 3.63) is 0 Å². The molecule has 4 heavy (non-hydrogen) atoms. The molecule has 0 atom stereocenters. The van der Waals surface area contributed by atoms with E-state index in [1.807, 2.05) is 0 Å². The van der Waals surface area contributed by atoms with Crippen molar-refractivity contribution in [2.75, 3.05) is 0 Å². The van der Waals surface area contributed by atoms with Gasteiger partial charge in [-0.05, 0) is 0 Å². The first kappa shape index (κ1) is 24.4. The van der Waals surface area contributed by atoms with Crippen LogP contribution in [-0.4, -0.2) is 124 Å². The van der Waals surface area contributed by atoms with Crippen LogP contribution in [0.2, 0.25) is 0 Å². The van der Waals surface area contributed by atoms with Crippen LogP contribution in [0.1, 0.15) is 0 Å². The van der Waals surface area contributed by atoms with Crippen LogP contribution < -0.4 is 0 Å². The Morgan fingerprint density at radius 2 is 1.00 bits per heavy atom. The predicted molar refractivity (Wildman–Crippen MR) is 31.4 cm³/mol. The summed E-state index contributed by atoms with van der Waals surface area (Å²) in [5, 5.41) is 0. The third kappa shape index (κ3) is 9.40. The van der Waals surface area contributed by atoms with E-state index in [1.54, 1.807) is 0 Å². The van der Waals surface area contributed by atoms with E-state index in [1.165, 1.54) is 0 Å². The van der Waals surface area contributed by atoms with Crippen molar-refractivity contribution in [2.45, 2.75) is 0 Å².